The van der Waals surface area contributed by atoms with Crippen molar-refractivity contribution < 1.29 is 19.1 Å². The van der Waals surface area contributed by atoms with Crippen molar-refractivity contribution in [2.75, 3.05) is 20.2 Å². The Hall–Kier alpha value is -1.46. The summed E-state index contributed by atoms with van der Waals surface area (Å²) in [4.78, 5) is 24.6. The molecule has 6 nitrogen and oxygen atoms in total. The molecule has 0 radical (unpaired) electrons. The molecule has 0 aromatic rings. The molecule has 18 heavy (non-hydrogen) atoms. The second-order valence-corrected chi connectivity index (χ2v) is 5.40. The first kappa shape index (κ1) is 14.6. The second kappa shape index (κ2) is 5.93. The van der Waals surface area contributed by atoms with Crippen molar-refractivity contribution in [3.05, 3.63) is 0 Å². The largest absolute Gasteiger partial charge is 0.453 e. The van der Waals surface area contributed by atoms with Crippen LogP contribution in [0.5, 0.6) is 0 Å². The highest BCUT2D eigenvalue weighted by Crippen LogP contribution is 2.12. The Morgan fingerprint density at radius 1 is 1.33 bits per heavy atom. The molecule has 1 aliphatic heterocycles. The highest BCUT2D eigenvalue weighted by Gasteiger charge is 2.26. The number of hydrogen-bond acceptors (Lipinski definition) is 4. The number of piperidine rings is 1. The van der Waals surface area contributed by atoms with Crippen LogP contribution in [0.3, 0.4) is 0 Å². The lowest BCUT2D eigenvalue weighted by molar-refractivity contribution is 0.0464. The van der Waals surface area contributed by atoms with Crippen LogP contribution in [-0.4, -0.2) is 48.9 Å². The van der Waals surface area contributed by atoms with E-state index in [2.05, 4.69) is 10.1 Å². The molecule has 1 aliphatic rings. The van der Waals surface area contributed by atoms with Crippen LogP contribution in [0, 0.1) is 0 Å². The molecule has 0 spiro atoms. The quantitative estimate of drug-likeness (QED) is 0.778. The van der Waals surface area contributed by atoms with E-state index in [-0.39, 0.29) is 12.1 Å². The average molecular weight is 258 g/mol. The van der Waals surface area contributed by atoms with Crippen molar-refractivity contribution in [1.29, 1.82) is 0 Å². The van der Waals surface area contributed by atoms with E-state index >= 15 is 0 Å². The van der Waals surface area contributed by atoms with E-state index in [4.69, 9.17) is 4.74 Å². The molecular formula is C12H22N2O4. The van der Waals surface area contributed by atoms with Crippen molar-refractivity contribution in [3.8, 4) is 0 Å². The Balaban J connectivity index is 2.43. The average Bonchev–Trinajstić information content (AvgIpc) is 2.25. The first-order valence-electron chi connectivity index (χ1n) is 6.14. The number of carbonyl (C=O) groups excluding carboxylic acids is 2. The zero-order valence-corrected chi connectivity index (χ0v) is 11.5. The smallest absolute Gasteiger partial charge is 0.409 e. The van der Waals surface area contributed by atoms with E-state index in [1.807, 2.05) is 20.8 Å². The fourth-order valence-corrected chi connectivity index (χ4v) is 1.86. The molecule has 0 aliphatic carbocycles. The van der Waals surface area contributed by atoms with Crippen LogP contribution in [0.25, 0.3) is 0 Å². The number of hydrogen-bond donors (Lipinski definition) is 1. The molecule has 1 heterocycles. The maximum Gasteiger partial charge on any atom is 0.409 e. The van der Waals surface area contributed by atoms with Crippen LogP contribution < -0.4 is 5.32 Å². The third kappa shape index (κ3) is 4.81. The minimum absolute atomic E-state index is 0.0762. The number of methoxy groups -OCH3 is 1. The molecule has 1 saturated heterocycles. The van der Waals surface area contributed by atoms with Crippen molar-refractivity contribution >= 4 is 12.2 Å². The number of rotatable bonds is 1. The molecule has 0 saturated carbocycles. The molecule has 104 valence electrons. The number of alkyl carbamates (subject to hydrolysis) is 1. The minimum Gasteiger partial charge on any atom is -0.453 e. The molecule has 0 bridgehead atoms. The number of likely N-dealkylation sites (tertiary alicyclic amines) is 1. The Morgan fingerprint density at radius 2 is 2.00 bits per heavy atom. The third-order valence-corrected chi connectivity index (χ3v) is 2.58. The minimum atomic E-state index is -0.513. The van der Waals surface area contributed by atoms with Gasteiger partial charge in [-0.05, 0) is 33.6 Å². The molecule has 6 heteroatoms. The molecule has 2 amide bonds. The lowest BCUT2D eigenvalue weighted by atomic mass is 10.1. The first-order chi connectivity index (χ1) is 8.31. The molecule has 0 aromatic carbocycles. The van der Waals surface area contributed by atoms with E-state index in [1.54, 1.807) is 4.90 Å². The molecule has 0 aromatic heterocycles. The molecule has 1 rings (SSSR count). The maximum atomic E-state index is 11.6. The van der Waals surface area contributed by atoms with Crippen molar-refractivity contribution in [2.24, 2.45) is 0 Å². The van der Waals surface area contributed by atoms with Gasteiger partial charge in [0.25, 0.3) is 0 Å². The van der Waals surface area contributed by atoms with Gasteiger partial charge in [0.2, 0.25) is 0 Å². The zero-order valence-electron chi connectivity index (χ0n) is 11.5. The van der Waals surface area contributed by atoms with E-state index < -0.39 is 11.7 Å². The van der Waals surface area contributed by atoms with Gasteiger partial charge in [0.1, 0.15) is 5.60 Å². The highest BCUT2D eigenvalue weighted by atomic mass is 16.6. The van der Waals surface area contributed by atoms with Gasteiger partial charge >= 0.3 is 12.2 Å². The van der Waals surface area contributed by atoms with Gasteiger partial charge in [-0.15, -0.1) is 0 Å². The Bertz CT molecular complexity index is 312. The van der Waals surface area contributed by atoms with Crippen molar-refractivity contribution in [3.63, 3.8) is 0 Å². The Labute approximate surface area is 108 Å². The number of carbonyl (C=O) groups is 2. The summed E-state index contributed by atoms with van der Waals surface area (Å²) >= 11 is 0. The Morgan fingerprint density at radius 3 is 2.56 bits per heavy atom. The lowest BCUT2D eigenvalue weighted by Crippen LogP contribution is -2.50. The van der Waals surface area contributed by atoms with Crippen LogP contribution >= 0.6 is 0 Å². The predicted molar refractivity (Wildman–Crippen MR) is 66.4 cm³/mol. The maximum absolute atomic E-state index is 11.6. The van der Waals surface area contributed by atoms with Crippen LogP contribution in [0.15, 0.2) is 0 Å². The van der Waals surface area contributed by atoms with Gasteiger partial charge < -0.3 is 19.7 Å². The summed E-state index contributed by atoms with van der Waals surface area (Å²) in [6.07, 6.45) is 0.882. The molecule has 1 N–H and O–H groups in total. The summed E-state index contributed by atoms with van der Waals surface area (Å²) in [5.74, 6) is 0. The summed E-state index contributed by atoms with van der Waals surface area (Å²) < 4.78 is 9.84. The van der Waals surface area contributed by atoms with Gasteiger partial charge in [0, 0.05) is 19.1 Å². The fourth-order valence-electron chi connectivity index (χ4n) is 1.86. The van der Waals surface area contributed by atoms with Gasteiger partial charge in [-0.3, -0.25) is 0 Å². The first-order valence-corrected chi connectivity index (χ1v) is 6.14. The lowest BCUT2D eigenvalue weighted by Gasteiger charge is -2.32. The zero-order chi connectivity index (χ0) is 13.8. The van der Waals surface area contributed by atoms with Gasteiger partial charge in [-0.1, -0.05) is 0 Å². The number of ether oxygens (including phenoxy) is 2. The molecule has 1 atom stereocenters. The number of nitrogens with one attached hydrogen (secondary N) is 1. The van der Waals surface area contributed by atoms with Crippen molar-refractivity contribution in [1.82, 2.24) is 10.2 Å². The predicted octanol–water partition coefficient (Wildman–Crippen LogP) is 1.74. The van der Waals surface area contributed by atoms with E-state index in [1.165, 1.54) is 7.11 Å². The highest BCUT2D eigenvalue weighted by molar-refractivity contribution is 5.69. The standard InChI is InChI=1S/C12H22N2O4/c1-12(2,3)18-10(15)13-9-6-5-7-14(8-9)11(16)17-4/h9H,5-8H2,1-4H3,(H,13,15)/t9-/m1/s1. The van der Waals surface area contributed by atoms with Gasteiger partial charge in [-0.2, -0.15) is 0 Å². The summed E-state index contributed by atoms with van der Waals surface area (Å²) in [5.41, 5.74) is -0.513. The number of nitrogens with zero attached hydrogens (tertiary/aromatic N) is 1. The number of amides is 2. The van der Waals surface area contributed by atoms with Gasteiger partial charge in [0.05, 0.1) is 7.11 Å². The summed E-state index contributed by atoms with van der Waals surface area (Å²) in [6.45, 7) is 6.57. The topological polar surface area (TPSA) is 67.9 Å². The van der Waals surface area contributed by atoms with Crippen molar-refractivity contribution in [2.45, 2.75) is 45.3 Å². The van der Waals surface area contributed by atoms with Crippen LogP contribution in [0.2, 0.25) is 0 Å². The second-order valence-electron chi connectivity index (χ2n) is 5.40. The third-order valence-electron chi connectivity index (χ3n) is 2.58. The fraction of sp³-hybridized carbons (Fsp3) is 0.833. The van der Waals surface area contributed by atoms with E-state index in [0.29, 0.717) is 13.1 Å². The summed E-state index contributed by atoms with van der Waals surface area (Å²) in [6, 6.07) is -0.0762. The van der Waals surface area contributed by atoms with Crippen LogP contribution in [0.4, 0.5) is 9.59 Å². The molecular weight excluding hydrogens is 236 g/mol. The van der Waals surface area contributed by atoms with Gasteiger partial charge in [-0.25, -0.2) is 9.59 Å². The van der Waals surface area contributed by atoms with Crippen LogP contribution in [-0.2, 0) is 9.47 Å². The summed E-state index contributed by atoms with van der Waals surface area (Å²) in [7, 11) is 1.35. The molecule has 0 unspecified atom stereocenters. The van der Waals surface area contributed by atoms with Crippen LogP contribution in [0.1, 0.15) is 33.6 Å². The van der Waals surface area contributed by atoms with E-state index in [9.17, 15) is 9.59 Å². The SMILES string of the molecule is COC(=O)N1CCC[C@@H](NC(=O)OC(C)(C)C)C1. The molecule has 1 fully saturated rings. The summed E-state index contributed by atoms with van der Waals surface area (Å²) in [5, 5.41) is 2.77. The van der Waals surface area contributed by atoms with Gasteiger partial charge in [0.15, 0.2) is 0 Å². The van der Waals surface area contributed by atoms with E-state index in [0.717, 1.165) is 12.8 Å². The normalized spacial score (nSPS) is 20.2. The Kier molecular flexibility index (Phi) is 4.81. The monoisotopic (exact) mass is 258 g/mol.